The van der Waals surface area contributed by atoms with Crippen molar-refractivity contribution in [1.82, 2.24) is 9.38 Å². The molecule has 24 heavy (non-hydrogen) atoms. The topological polar surface area (TPSA) is 44.3 Å². The molecule has 0 N–H and O–H groups in total. The Morgan fingerprint density at radius 1 is 1.17 bits per heavy atom. The Balaban J connectivity index is 2.03. The number of aryl methyl sites for hydroxylation is 1. The van der Waals surface area contributed by atoms with Crippen LogP contribution in [0.2, 0.25) is 0 Å². The number of aromatic nitrogens is 2. The van der Waals surface area contributed by atoms with Crippen LogP contribution >= 0.6 is 0 Å². The van der Waals surface area contributed by atoms with Gasteiger partial charge in [-0.15, -0.1) is 0 Å². The van der Waals surface area contributed by atoms with Crippen molar-refractivity contribution in [2.24, 2.45) is 11.8 Å². The number of nitriles is 1. The molecule has 122 valence electrons. The highest BCUT2D eigenvalue weighted by atomic mass is 15.2. The number of piperidine rings is 1. The van der Waals surface area contributed by atoms with Crippen LogP contribution in [-0.2, 0) is 0 Å². The fourth-order valence-electron chi connectivity index (χ4n) is 4.15. The molecule has 4 nitrogen and oxygen atoms in total. The molecule has 4 heteroatoms. The quantitative estimate of drug-likeness (QED) is 0.677. The molecule has 1 aromatic carbocycles. The van der Waals surface area contributed by atoms with Gasteiger partial charge in [-0.05, 0) is 48.9 Å². The SMILES string of the molecule is Cc1cc(N2C[C@@H](C)C[C@H](C)C2)n2c(nc3ccccc32)c1C#N. The van der Waals surface area contributed by atoms with Gasteiger partial charge in [-0.3, -0.25) is 4.40 Å². The Labute approximate surface area is 142 Å². The zero-order chi connectivity index (χ0) is 16.8. The Morgan fingerprint density at radius 2 is 1.88 bits per heavy atom. The number of anilines is 1. The fourth-order valence-corrected chi connectivity index (χ4v) is 4.15. The summed E-state index contributed by atoms with van der Waals surface area (Å²) in [6, 6.07) is 12.6. The normalized spacial score (nSPS) is 21.3. The fraction of sp³-hybridized carbons (Fsp3) is 0.400. The van der Waals surface area contributed by atoms with E-state index in [0.29, 0.717) is 17.4 Å². The predicted molar refractivity (Wildman–Crippen MR) is 97.3 cm³/mol. The van der Waals surface area contributed by atoms with E-state index in [-0.39, 0.29) is 0 Å². The first-order valence-corrected chi connectivity index (χ1v) is 8.64. The molecule has 1 saturated heterocycles. The first-order valence-electron chi connectivity index (χ1n) is 8.64. The Morgan fingerprint density at radius 3 is 2.58 bits per heavy atom. The summed E-state index contributed by atoms with van der Waals surface area (Å²) < 4.78 is 2.17. The second kappa shape index (κ2) is 5.52. The molecule has 0 saturated carbocycles. The summed E-state index contributed by atoms with van der Waals surface area (Å²) in [5, 5.41) is 9.61. The van der Waals surface area contributed by atoms with Gasteiger partial charge in [0.2, 0.25) is 0 Å². The Kier molecular flexibility index (Phi) is 3.45. The standard InChI is InChI=1S/C20H22N4/c1-13-8-14(2)12-23(11-13)19-9-15(3)16(10-21)20-22-17-6-4-5-7-18(17)24(19)20/h4-7,9,13-14H,8,11-12H2,1-3H3/t13-,14-/m0/s1. The van der Waals surface area contributed by atoms with E-state index in [2.05, 4.69) is 41.4 Å². The number of benzene rings is 1. The van der Waals surface area contributed by atoms with Crippen molar-refractivity contribution in [2.45, 2.75) is 27.2 Å². The van der Waals surface area contributed by atoms with Crippen LogP contribution in [0.15, 0.2) is 30.3 Å². The van der Waals surface area contributed by atoms with Crippen molar-refractivity contribution in [3.8, 4) is 6.07 Å². The summed E-state index contributed by atoms with van der Waals surface area (Å²) >= 11 is 0. The molecule has 1 aliphatic heterocycles. The minimum absolute atomic E-state index is 0.674. The summed E-state index contributed by atoms with van der Waals surface area (Å²) in [6.07, 6.45) is 1.28. The van der Waals surface area contributed by atoms with Gasteiger partial charge >= 0.3 is 0 Å². The molecule has 3 heterocycles. The van der Waals surface area contributed by atoms with Crippen LogP contribution in [0.5, 0.6) is 0 Å². The Hall–Kier alpha value is -2.54. The number of imidazole rings is 1. The average Bonchev–Trinajstić information content (AvgIpc) is 2.92. The highest BCUT2D eigenvalue weighted by Gasteiger charge is 2.25. The third kappa shape index (κ3) is 2.24. The van der Waals surface area contributed by atoms with Crippen molar-refractivity contribution >= 4 is 22.5 Å². The summed E-state index contributed by atoms with van der Waals surface area (Å²) in [6.45, 7) is 8.76. The highest BCUT2D eigenvalue weighted by molar-refractivity contribution is 5.85. The van der Waals surface area contributed by atoms with E-state index in [0.717, 1.165) is 41.2 Å². The number of pyridine rings is 1. The van der Waals surface area contributed by atoms with Gasteiger partial charge in [-0.1, -0.05) is 26.0 Å². The summed E-state index contributed by atoms with van der Waals surface area (Å²) in [5.74, 6) is 2.51. The van der Waals surface area contributed by atoms with Gasteiger partial charge in [-0.2, -0.15) is 5.26 Å². The van der Waals surface area contributed by atoms with Crippen LogP contribution in [0.1, 0.15) is 31.4 Å². The molecule has 2 atom stereocenters. The first kappa shape index (κ1) is 15.0. The van der Waals surface area contributed by atoms with Crippen molar-refractivity contribution in [2.75, 3.05) is 18.0 Å². The molecular weight excluding hydrogens is 296 g/mol. The molecule has 0 unspecified atom stereocenters. The van der Waals surface area contributed by atoms with E-state index in [1.54, 1.807) is 0 Å². The van der Waals surface area contributed by atoms with Crippen molar-refractivity contribution in [1.29, 1.82) is 5.26 Å². The highest BCUT2D eigenvalue weighted by Crippen LogP contribution is 2.32. The van der Waals surface area contributed by atoms with E-state index in [1.165, 1.54) is 6.42 Å². The van der Waals surface area contributed by atoms with E-state index >= 15 is 0 Å². The molecule has 0 spiro atoms. The van der Waals surface area contributed by atoms with Crippen LogP contribution < -0.4 is 4.90 Å². The summed E-state index contributed by atoms with van der Waals surface area (Å²) in [7, 11) is 0. The molecule has 1 aliphatic rings. The Bertz CT molecular complexity index is 953. The lowest BCUT2D eigenvalue weighted by molar-refractivity contribution is 0.355. The monoisotopic (exact) mass is 318 g/mol. The van der Waals surface area contributed by atoms with Gasteiger partial charge in [0, 0.05) is 13.1 Å². The van der Waals surface area contributed by atoms with E-state index in [9.17, 15) is 5.26 Å². The first-order chi connectivity index (χ1) is 11.6. The number of nitrogens with zero attached hydrogens (tertiary/aromatic N) is 4. The van der Waals surface area contributed by atoms with Crippen LogP contribution in [0.4, 0.5) is 5.82 Å². The zero-order valence-electron chi connectivity index (χ0n) is 14.5. The molecule has 0 amide bonds. The van der Waals surface area contributed by atoms with E-state index in [1.807, 2.05) is 25.1 Å². The summed E-state index contributed by atoms with van der Waals surface area (Å²) in [4.78, 5) is 7.22. The second-order valence-corrected chi connectivity index (χ2v) is 7.28. The summed E-state index contributed by atoms with van der Waals surface area (Å²) in [5.41, 5.74) is 4.47. The smallest absolute Gasteiger partial charge is 0.157 e. The third-order valence-corrected chi connectivity index (χ3v) is 5.06. The van der Waals surface area contributed by atoms with Gasteiger partial charge in [-0.25, -0.2) is 4.98 Å². The number of rotatable bonds is 1. The van der Waals surface area contributed by atoms with Crippen molar-refractivity contribution in [3.63, 3.8) is 0 Å². The zero-order valence-corrected chi connectivity index (χ0v) is 14.5. The number of hydrogen-bond donors (Lipinski definition) is 0. The molecule has 0 bridgehead atoms. The van der Waals surface area contributed by atoms with Crippen LogP contribution in [0.25, 0.3) is 16.7 Å². The van der Waals surface area contributed by atoms with Crippen LogP contribution in [0, 0.1) is 30.1 Å². The van der Waals surface area contributed by atoms with E-state index < -0.39 is 0 Å². The molecule has 3 aromatic rings. The van der Waals surface area contributed by atoms with Gasteiger partial charge in [0.15, 0.2) is 5.65 Å². The number of para-hydroxylation sites is 2. The van der Waals surface area contributed by atoms with E-state index in [4.69, 9.17) is 4.98 Å². The lowest BCUT2D eigenvalue weighted by atomic mass is 9.92. The molecule has 2 aromatic heterocycles. The van der Waals surface area contributed by atoms with Crippen LogP contribution in [0.3, 0.4) is 0 Å². The number of hydrogen-bond acceptors (Lipinski definition) is 3. The number of fused-ring (bicyclic) bond motifs is 3. The maximum atomic E-state index is 9.61. The molecule has 1 fully saturated rings. The lowest BCUT2D eigenvalue weighted by Gasteiger charge is -2.37. The van der Waals surface area contributed by atoms with Gasteiger partial charge in [0.25, 0.3) is 0 Å². The second-order valence-electron chi connectivity index (χ2n) is 7.28. The lowest BCUT2D eigenvalue weighted by Crippen LogP contribution is -2.39. The minimum Gasteiger partial charge on any atom is -0.357 e. The van der Waals surface area contributed by atoms with Gasteiger partial charge in [0.1, 0.15) is 11.9 Å². The largest absolute Gasteiger partial charge is 0.357 e. The minimum atomic E-state index is 0.674. The predicted octanol–water partition coefficient (Wildman–Crippen LogP) is 4.15. The molecular formula is C20H22N4. The maximum Gasteiger partial charge on any atom is 0.157 e. The van der Waals surface area contributed by atoms with Crippen LogP contribution in [-0.4, -0.2) is 22.5 Å². The third-order valence-electron chi connectivity index (χ3n) is 5.06. The van der Waals surface area contributed by atoms with Gasteiger partial charge < -0.3 is 4.90 Å². The molecule has 0 aliphatic carbocycles. The van der Waals surface area contributed by atoms with Crippen molar-refractivity contribution < 1.29 is 0 Å². The average molecular weight is 318 g/mol. The molecule has 0 radical (unpaired) electrons. The van der Waals surface area contributed by atoms with Gasteiger partial charge in [0.05, 0.1) is 16.6 Å². The maximum absolute atomic E-state index is 9.61. The molecule has 4 rings (SSSR count). The van der Waals surface area contributed by atoms with Crippen molar-refractivity contribution in [3.05, 3.63) is 41.5 Å².